The van der Waals surface area contributed by atoms with Gasteiger partial charge in [-0.15, -0.1) is 0 Å². The number of nitrogens with zero attached hydrogens (tertiary/aromatic N) is 3. The highest BCUT2D eigenvalue weighted by molar-refractivity contribution is 7.99. The molecular formula is C23H26ClN3O2S. The van der Waals surface area contributed by atoms with Gasteiger partial charge in [-0.3, -0.25) is 14.2 Å². The van der Waals surface area contributed by atoms with Gasteiger partial charge in [-0.05, 0) is 42.7 Å². The zero-order valence-corrected chi connectivity index (χ0v) is 18.9. The Bertz CT molecular complexity index is 1060. The number of thioether (sulfide) groups is 1. The van der Waals surface area contributed by atoms with Crippen molar-refractivity contribution in [3.63, 3.8) is 0 Å². The van der Waals surface area contributed by atoms with E-state index in [4.69, 9.17) is 16.6 Å². The van der Waals surface area contributed by atoms with Crippen LogP contribution in [-0.4, -0.2) is 39.2 Å². The van der Waals surface area contributed by atoms with E-state index in [-0.39, 0.29) is 17.2 Å². The Hall–Kier alpha value is -2.31. The number of amides is 1. The number of rotatable bonds is 9. The fraction of sp³-hybridized carbons (Fsp3) is 0.348. The van der Waals surface area contributed by atoms with Crippen molar-refractivity contribution in [2.75, 3.05) is 18.8 Å². The third-order valence-corrected chi connectivity index (χ3v) is 5.96. The van der Waals surface area contributed by atoms with Crippen molar-refractivity contribution < 1.29 is 4.79 Å². The summed E-state index contributed by atoms with van der Waals surface area (Å²) in [7, 11) is 0. The maximum Gasteiger partial charge on any atom is 0.262 e. The summed E-state index contributed by atoms with van der Waals surface area (Å²) in [5, 5.41) is 1.77. The van der Waals surface area contributed by atoms with Gasteiger partial charge in [0.25, 0.3) is 5.56 Å². The Morgan fingerprint density at radius 2 is 1.73 bits per heavy atom. The molecule has 0 spiro atoms. The van der Waals surface area contributed by atoms with Gasteiger partial charge in [-0.2, -0.15) is 0 Å². The van der Waals surface area contributed by atoms with E-state index in [1.165, 1.54) is 11.8 Å². The van der Waals surface area contributed by atoms with Crippen LogP contribution in [0.15, 0.2) is 58.5 Å². The highest BCUT2D eigenvalue weighted by Crippen LogP contribution is 2.20. The van der Waals surface area contributed by atoms with Crippen molar-refractivity contribution in [3.05, 3.63) is 69.5 Å². The van der Waals surface area contributed by atoms with Crippen LogP contribution in [0.3, 0.4) is 0 Å². The third kappa shape index (κ3) is 5.43. The lowest BCUT2D eigenvalue weighted by Gasteiger charge is -2.21. The van der Waals surface area contributed by atoms with E-state index in [9.17, 15) is 9.59 Å². The molecule has 1 amide bonds. The number of hydrogen-bond donors (Lipinski definition) is 0. The molecule has 0 saturated carbocycles. The van der Waals surface area contributed by atoms with Gasteiger partial charge in [-0.25, -0.2) is 4.98 Å². The number of aromatic nitrogens is 2. The number of carbonyl (C=O) groups excluding carboxylic acids is 1. The average Bonchev–Trinajstić information content (AvgIpc) is 2.75. The predicted molar refractivity (Wildman–Crippen MR) is 124 cm³/mol. The molecule has 0 fully saturated rings. The zero-order chi connectivity index (χ0) is 21.5. The molecule has 0 saturated heterocycles. The smallest absolute Gasteiger partial charge is 0.262 e. The van der Waals surface area contributed by atoms with Crippen molar-refractivity contribution in [1.82, 2.24) is 14.5 Å². The first-order valence-electron chi connectivity index (χ1n) is 10.2. The molecule has 3 rings (SSSR count). The summed E-state index contributed by atoms with van der Waals surface area (Å²) < 4.78 is 1.65. The Kier molecular flexibility index (Phi) is 7.94. The molecule has 0 aliphatic rings. The van der Waals surface area contributed by atoms with Gasteiger partial charge >= 0.3 is 0 Å². The topological polar surface area (TPSA) is 55.2 Å². The van der Waals surface area contributed by atoms with Gasteiger partial charge in [0.15, 0.2) is 5.16 Å². The van der Waals surface area contributed by atoms with Gasteiger partial charge in [0.2, 0.25) is 5.91 Å². The van der Waals surface area contributed by atoms with E-state index in [1.807, 2.05) is 35.2 Å². The first kappa shape index (κ1) is 22.4. The van der Waals surface area contributed by atoms with Crippen LogP contribution in [0, 0.1) is 0 Å². The van der Waals surface area contributed by atoms with E-state index in [1.54, 1.807) is 22.8 Å². The maximum absolute atomic E-state index is 13.2. The highest BCUT2D eigenvalue weighted by atomic mass is 35.5. The molecule has 7 heteroatoms. The van der Waals surface area contributed by atoms with E-state index in [0.29, 0.717) is 27.6 Å². The molecule has 30 heavy (non-hydrogen) atoms. The Morgan fingerprint density at radius 1 is 1.07 bits per heavy atom. The first-order valence-corrected chi connectivity index (χ1v) is 11.5. The standard InChI is InChI=1S/C23H26ClN3O2S/c1-3-13-26(14-4-2)21(28)16-30-23-25-20-8-6-5-7-19(20)22(29)27(23)15-17-9-11-18(24)12-10-17/h5-12H,3-4,13-16H2,1-2H3. The van der Waals surface area contributed by atoms with Crippen LogP contribution < -0.4 is 5.56 Å². The number of benzene rings is 2. The highest BCUT2D eigenvalue weighted by Gasteiger charge is 2.16. The molecule has 0 atom stereocenters. The molecule has 2 aromatic carbocycles. The van der Waals surface area contributed by atoms with E-state index >= 15 is 0 Å². The van der Waals surface area contributed by atoms with Crippen molar-refractivity contribution in [3.8, 4) is 0 Å². The summed E-state index contributed by atoms with van der Waals surface area (Å²) in [4.78, 5) is 32.5. The average molecular weight is 444 g/mol. The van der Waals surface area contributed by atoms with Crippen molar-refractivity contribution >= 4 is 40.2 Å². The molecule has 0 bridgehead atoms. The molecule has 158 valence electrons. The predicted octanol–water partition coefficient (Wildman–Crippen LogP) is 4.84. The number of halogens is 1. The molecular weight excluding hydrogens is 418 g/mol. The fourth-order valence-corrected chi connectivity index (χ4v) is 4.32. The van der Waals surface area contributed by atoms with Crippen LogP contribution >= 0.6 is 23.4 Å². The largest absolute Gasteiger partial charge is 0.342 e. The fourth-order valence-electron chi connectivity index (χ4n) is 3.29. The van der Waals surface area contributed by atoms with E-state index < -0.39 is 0 Å². The second-order valence-corrected chi connectivity index (χ2v) is 8.48. The van der Waals surface area contributed by atoms with Crippen LogP contribution in [0.25, 0.3) is 10.9 Å². The zero-order valence-electron chi connectivity index (χ0n) is 17.3. The van der Waals surface area contributed by atoms with E-state index in [0.717, 1.165) is 31.5 Å². The molecule has 5 nitrogen and oxygen atoms in total. The van der Waals surface area contributed by atoms with Crippen LogP contribution in [0.1, 0.15) is 32.3 Å². The Labute approximate surface area is 186 Å². The normalized spacial score (nSPS) is 11.0. The Balaban J connectivity index is 1.92. The molecule has 3 aromatic rings. The first-order chi connectivity index (χ1) is 14.5. The number of fused-ring (bicyclic) bond motifs is 1. The van der Waals surface area contributed by atoms with Crippen LogP contribution in [-0.2, 0) is 11.3 Å². The van der Waals surface area contributed by atoms with Crippen LogP contribution in [0.2, 0.25) is 5.02 Å². The van der Waals surface area contributed by atoms with Crippen LogP contribution in [0.4, 0.5) is 0 Å². The van der Waals surface area contributed by atoms with Crippen molar-refractivity contribution in [1.29, 1.82) is 0 Å². The second kappa shape index (κ2) is 10.6. The second-order valence-electron chi connectivity index (χ2n) is 7.10. The lowest BCUT2D eigenvalue weighted by Crippen LogP contribution is -2.34. The molecule has 0 unspecified atom stereocenters. The molecule has 0 aliphatic heterocycles. The summed E-state index contributed by atoms with van der Waals surface area (Å²) in [6.07, 6.45) is 1.85. The molecule has 0 N–H and O–H groups in total. The number of para-hydroxylation sites is 1. The minimum Gasteiger partial charge on any atom is -0.342 e. The third-order valence-electron chi connectivity index (χ3n) is 4.75. The lowest BCUT2D eigenvalue weighted by atomic mass is 10.2. The molecule has 1 aromatic heterocycles. The molecule has 0 aliphatic carbocycles. The minimum atomic E-state index is -0.107. The summed E-state index contributed by atoms with van der Waals surface area (Å²) in [6, 6.07) is 14.7. The van der Waals surface area contributed by atoms with E-state index in [2.05, 4.69) is 13.8 Å². The SMILES string of the molecule is CCCN(CCC)C(=O)CSc1nc2ccccc2c(=O)n1Cc1ccc(Cl)cc1. The van der Waals surface area contributed by atoms with Gasteiger partial charge in [0, 0.05) is 18.1 Å². The van der Waals surface area contributed by atoms with Gasteiger partial charge < -0.3 is 4.90 Å². The summed E-state index contributed by atoms with van der Waals surface area (Å²) in [5.74, 6) is 0.329. The number of carbonyl (C=O) groups is 1. The Morgan fingerprint density at radius 3 is 2.40 bits per heavy atom. The molecule has 0 radical (unpaired) electrons. The molecule has 1 heterocycles. The lowest BCUT2D eigenvalue weighted by molar-refractivity contribution is -0.128. The van der Waals surface area contributed by atoms with Gasteiger partial charge in [0.05, 0.1) is 23.2 Å². The van der Waals surface area contributed by atoms with Gasteiger partial charge in [-0.1, -0.05) is 61.5 Å². The van der Waals surface area contributed by atoms with Crippen molar-refractivity contribution in [2.24, 2.45) is 0 Å². The summed E-state index contributed by atoms with van der Waals surface area (Å²) in [5.41, 5.74) is 1.48. The quantitative estimate of drug-likeness (QED) is 0.351. The minimum absolute atomic E-state index is 0.0733. The van der Waals surface area contributed by atoms with Gasteiger partial charge in [0.1, 0.15) is 0 Å². The monoisotopic (exact) mass is 443 g/mol. The summed E-state index contributed by atoms with van der Waals surface area (Å²) in [6.45, 7) is 6.00. The van der Waals surface area contributed by atoms with Crippen LogP contribution in [0.5, 0.6) is 0 Å². The summed E-state index contributed by atoms with van der Waals surface area (Å²) >= 11 is 7.31. The maximum atomic E-state index is 13.2. The number of hydrogen-bond acceptors (Lipinski definition) is 4. The van der Waals surface area contributed by atoms with Crippen molar-refractivity contribution in [2.45, 2.75) is 38.4 Å².